The number of fused-ring (bicyclic) bond motifs is 1. The molecule has 0 saturated heterocycles. The van der Waals surface area contributed by atoms with Gasteiger partial charge in [-0.05, 0) is 50.3 Å². The summed E-state index contributed by atoms with van der Waals surface area (Å²) in [6.07, 6.45) is 4.94. The second-order valence-electron chi connectivity index (χ2n) is 5.09. The first-order valence-electron chi connectivity index (χ1n) is 6.51. The first-order chi connectivity index (χ1) is 8.36. The highest BCUT2D eigenvalue weighted by Gasteiger charge is 2.23. The molecule has 18 heavy (non-hydrogen) atoms. The van der Waals surface area contributed by atoms with E-state index in [9.17, 15) is 0 Å². The molecule has 0 spiro atoms. The fraction of sp³-hybridized carbons (Fsp3) is 0.500. The van der Waals surface area contributed by atoms with Crippen molar-refractivity contribution in [2.24, 2.45) is 11.7 Å². The minimum absolute atomic E-state index is 0. The topological polar surface area (TPSA) is 54.7 Å². The van der Waals surface area contributed by atoms with Crippen molar-refractivity contribution in [1.29, 1.82) is 0 Å². The molecule has 1 fully saturated rings. The number of benzene rings is 1. The number of nitrogens with one attached hydrogen (secondary N) is 1. The number of H-pyrrole nitrogens is 1. The number of para-hydroxylation sites is 2. The molecule has 0 unspecified atom stereocenters. The van der Waals surface area contributed by atoms with Crippen LogP contribution in [0.1, 0.15) is 37.4 Å². The molecule has 1 aromatic heterocycles. The van der Waals surface area contributed by atoms with Gasteiger partial charge in [0.25, 0.3) is 0 Å². The van der Waals surface area contributed by atoms with Gasteiger partial charge in [0.05, 0.1) is 11.0 Å². The Labute approximate surface area is 114 Å². The zero-order valence-corrected chi connectivity index (χ0v) is 11.2. The third-order valence-electron chi connectivity index (χ3n) is 3.97. The molecular formula is C14H20ClN3. The Morgan fingerprint density at radius 2 is 1.89 bits per heavy atom. The fourth-order valence-corrected chi connectivity index (χ4v) is 2.84. The van der Waals surface area contributed by atoms with Crippen LogP contribution < -0.4 is 5.73 Å². The highest BCUT2D eigenvalue weighted by molar-refractivity contribution is 5.85. The molecule has 0 atom stereocenters. The minimum atomic E-state index is 0. The third kappa shape index (κ3) is 2.52. The number of nitrogens with two attached hydrogens (primary N) is 1. The number of halogens is 1. The van der Waals surface area contributed by atoms with Gasteiger partial charge < -0.3 is 10.7 Å². The number of imidazole rings is 1. The van der Waals surface area contributed by atoms with Crippen molar-refractivity contribution in [3.63, 3.8) is 0 Å². The zero-order valence-electron chi connectivity index (χ0n) is 10.4. The number of hydrogen-bond donors (Lipinski definition) is 2. The van der Waals surface area contributed by atoms with Crippen LogP contribution in [0.5, 0.6) is 0 Å². The molecule has 98 valence electrons. The summed E-state index contributed by atoms with van der Waals surface area (Å²) in [5.41, 5.74) is 7.97. The Morgan fingerprint density at radius 1 is 1.17 bits per heavy atom. The van der Waals surface area contributed by atoms with E-state index in [1.165, 1.54) is 31.5 Å². The second kappa shape index (κ2) is 5.72. The summed E-state index contributed by atoms with van der Waals surface area (Å²) in [7, 11) is 0. The van der Waals surface area contributed by atoms with Crippen LogP contribution in [0.2, 0.25) is 0 Å². The predicted octanol–water partition coefficient (Wildman–Crippen LogP) is 3.22. The van der Waals surface area contributed by atoms with E-state index in [0.29, 0.717) is 5.92 Å². The Hall–Kier alpha value is -1.06. The van der Waals surface area contributed by atoms with E-state index in [0.717, 1.165) is 23.5 Å². The van der Waals surface area contributed by atoms with Crippen molar-refractivity contribution in [2.75, 3.05) is 6.54 Å². The van der Waals surface area contributed by atoms with Crippen molar-refractivity contribution in [1.82, 2.24) is 9.97 Å². The van der Waals surface area contributed by atoms with Gasteiger partial charge in [-0.1, -0.05) is 12.1 Å². The Morgan fingerprint density at radius 3 is 2.56 bits per heavy atom. The molecule has 1 aliphatic rings. The second-order valence-corrected chi connectivity index (χ2v) is 5.09. The molecule has 0 radical (unpaired) electrons. The lowest BCUT2D eigenvalue weighted by Crippen LogP contribution is -2.21. The number of rotatable bonds is 2. The van der Waals surface area contributed by atoms with Crippen LogP contribution in [0.15, 0.2) is 24.3 Å². The lowest BCUT2D eigenvalue weighted by molar-refractivity contribution is 0.326. The normalized spacial score (nSPS) is 23.8. The molecule has 1 heterocycles. The van der Waals surface area contributed by atoms with E-state index in [1.54, 1.807) is 0 Å². The lowest BCUT2D eigenvalue weighted by atomic mass is 9.82. The molecule has 0 bridgehead atoms. The largest absolute Gasteiger partial charge is 0.342 e. The quantitative estimate of drug-likeness (QED) is 0.876. The van der Waals surface area contributed by atoms with Gasteiger partial charge in [0, 0.05) is 5.92 Å². The Bertz CT molecular complexity index is 467. The van der Waals surface area contributed by atoms with Crippen molar-refractivity contribution < 1.29 is 0 Å². The first-order valence-corrected chi connectivity index (χ1v) is 6.51. The molecule has 0 aliphatic heterocycles. The highest BCUT2D eigenvalue weighted by atomic mass is 35.5. The van der Waals surface area contributed by atoms with Crippen LogP contribution in [0.4, 0.5) is 0 Å². The predicted molar refractivity (Wildman–Crippen MR) is 77.1 cm³/mol. The van der Waals surface area contributed by atoms with Gasteiger partial charge in [0.2, 0.25) is 0 Å². The molecule has 1 aromatic carbocycles. The van der Waals surface area contributed by atoms with Gasteiger partial charge in [-0.3, -0.25) is 0 Å². The van der Waals surface area contributed by atoms with Crippen molar-refractivity contribution in [3.8, 4) is 0 Å². The summed E-state index contributed by atoms with van der Waals surface area (Å²) in [5.74, 6) is 2.50. The maximum Gasteiger partial charge on any atom is 0.110 e. The maximum absolute atomic E-state index is 5.73. The Kier molecular flexibility index (Phi) is 4.25. The molecule has 0 amide bonds. The standard InChI is InChI=1S/C14H19N3.ClH/c15-9-10-5-7-11(8-6-10)14-16-12-3-1-2-4-13(12)17-14;/h1-4,10-11H,5-9,15H2,(H,16,17);1H. The molecule has 1 aliphatic carbocycles. The molecular weight excluding hydrogens is 246 g/mol. The average Bonchev–Trinajstić information content (AvgIpc) is 2.82. The zero-order chi connectivity index (χ0) is 11.7. The van der Waals surface area contributed by atoms with Gasteiger partial charge >= 0.3 is 0 Å². The maximum atomic E-state index is 5.73. The molecule has 4 heteroatoms. The van der Waals surface area contributed by atoms with E-state index in [2.05, 4.69) is 23.2 Å². The Balaban J connectivity index is 0.00000120. The SMILES string of the molecule is Cl.NCC1CCC(c2nc3ccccc3[nH]2)CC1. The van der Waals surface area contributed by atoms with Crippen LogP contribution >= 0.6 is 12.4 Å². The molecule has 1 saturated carbocycles. The lowest BCUT2D eigenvalue weighted by Gasteiger charge is -2.26. The van der Waals surface area contributed by atoms with E-state index < -0.39 is 0 Å². The van der Waals surface area contributed by atoms with Crippen molar-refractivity contribution in [2.45, 2.75) is 31.6 Å². The summed E-state index contributed by atoms with van der Waals surface area (Å²) in [6, 6.07) is 8.26. The fourth-order valence-electron chi connectivity index (χ4n) is 2.84. The minimum Gasteiger partial charge on any atom is -0.342 e. The molecule has 3 nitrogen and oxygen atoms in total. The molecule has 3 N–H and O–H groups in total. The molecule has 3 rings (SSSR count). The summed E-state index contributed by atoms with van der Waals surface area (Å²) < 4.78 is 0. The van der Waals surface area contributed by atoms with Crippen LogP contribution in [-0.4, -0.2) is 16.5 Å². The van der Waals surface area contributed by atoms with E-state index >= 15 is 0 Å². The van der Waals surface area contributed by atoms with E-state index in [1.807, 2.05) is 6.07 Å². The molecule has 2 aromatic rings. The van der Waals surface area contributed by atoms with Crippen LogP contribution in [0, 0.1) is 5.92 Å². The summed E-state index contributed by atoms with van der Waals surface area (Å²) >= 11 is 0. The van der Waals surface area contributed by atoms with E-state index in [4.69, 9.17) is 10.7 Å². The highest BCUT2D eigenvalue weighted by Crippen LogP contribution is 2.34. The van der Waals surface area contributed by atoms with E-state index in [-0.39, 0.29) is 12.4 Å². The van der Waals surface area contributed by atoms with Gasteiger partial charge in [-0.25, -0.2) is 4.98 Å². The van der Waals surface area contributed by atoms with Gasteiger partial charge in [0.1, 0.15) is 5.82 Å². The summed E-state index contributed by atoms with van der Waals surface area (Å²) in [6.45, 7) is 0.840. The van der Waals surface area contributed by atoms with Gasteiger partial charge in [0.15, 0.2) is 0 Å². The third-order valence-corrected chi connectivity index (χ3v) is 3.97. The average molecular weight is 266 g/mol. The number of hydrogen-bond acceptors (Lipinski definition) is 2. The summed E-state index contributed by atoms with van der Waals surface area (Å²) in [5, 5.41) is 0. The summed E-state index contributed by atoms with van der Waals surface area (Å²) in [4.78, 5) is 8.16. The van der Waals surface area contributed by atoms with Crippen LogP contribution in [-0.2, 0) is 0 Å². The van der Waals surface area contributed by atoms with Crippen LogP contribution in [0.25, 0.3) is 11.0 Å². The number of nitrogens with zero attached hydrogens (tertiary/aromatic N) is 1. The van der Waals surface area contributed by atoms with Crippen molar-refractivity contribution >= 4 is 23.4 Å². The van der Waals surface area contributed by atoms with Crippen molar-refractivity contribution in [3.05, 3.63) is 30.1 Å². The van der Waals surface area contributed by atoms with Gasteiger partial charge in [-0.15, -0.1) is 12.4 Å². The van der Waals surface area contributed by atoms with Crippen LogP contribution in [0.3, 0.4) is 0 Å². The number of aromatic nitrogens is 2. The van der Waals surface area contributed by atoms with Gasteiger partial charge in [-0.2, -0.15) is 0 Å². The first kappa shape index (κ1) is 13.4. The number of aromatic amines is 1. The smallest absolute Gasteiger partial charge is 0.110 e. The monoisotopic (exact) mass is 265 g/mol.